The molecule has 2 aromatic carbocycles. The fourth-order valence-corrected chi connectivity index (χ4v) is 6.89. The smallest absolute Gasteiger partial charge is 0.269 e. The van der Waals surface area contributed by atoms with Gasteiger partial charge in [0, 0.05) is 34.8 Å². The van der Waals surface area contributed by atoms with Crippen LogP contribution in [0.3, 0.4) is 0 Å². The maximum atomic E-state index is 15.0. The van der Waals surface area contributed by atoms with E-state index >= 15 is 4.39 Å². The summed E-state index contributed by atoms with van der Waals surface area (Å²) < 4.78 is 57.5. The Labute approximate surface area is 258 Å². The van der Waals surface area contributed by atoms with Crippen molar-refractivity contribution in [2.45, 2.75) is 56.2 Å². The second-order valence-corrected chi connectivity index (χ2v) is 12.9. The third-order valence-corrected chi connectivity index (χ3v) is 9.53. The number of hydrogen-bond donors (Lipinski definition) is 3. The molecular weight excluding hydrogens is 602 g/mol. The van der Waals surface area contributed by atoms with Crippen LogP contribution in [-0.4, -0.2) is 50.4 Å². The molecule has 6 rings (SSSR count). The Hall–Kier alpha value is -4.75. The Bertz CT molecular complexity index is 2000. The first-order valence-electron chi connectivity index (χ1n) is 14.4. The van der Waals surface area contributed by atoms with Crippen molar-refractivity contribution >= 4 is 32.8 Å². The van der Waals surface area contributed by atoms with Gasteiger partial charge in [0.05, 0.1) is 23.9 Å². The van der Waals surface area contributed by atoms with Gasteiger partial charge >= 0.3 is 0 Å². The highest BCUT2D eigenvalue weighted by molar-refractivity contribution is 7.90. The number of amides is 1. The number of carbonyl (C=O) groups excluding carboxylic acids is 1. The number of carbonyl (C=O) groups is 1. The number of aliphatic hydroxyl groups is 1. The Balaban J connectivity index is 1.27. The second kappa shape index (κ2) is 12.3. The summed E-state index contributed by atoms with van der Waals surface area (Å²) in [7, 11) is -4.12. The molecule has 1 saturated carbocycles. The summed E-state index contributed by atoms with van der Waals surface area (Å²) in [6, 6.07) is 13.8. The largest absolute Gasteiger partial charge is 0.392 e. The van der Waals surface area contributed by atoms with E-state index in [9.17, 15) is 22.7 Å². The molecule has 1 aliphatic carbocycles. The van der Waals surface area contributed by atoms with Crippen LogP contribution >= 0.6 is 0 Å². The number of aryl methyl sites for hydroxylation is 1. The van der Waals surface area contributed by atoms with E-state index in [0.29, 0.717) is 24.0 Å². The molecule has 1 aliphatic rings. The molecule has 10 nitrogen and oxygen atoms in total. The van der Waals surface area contributed by atoms with Gasteiger partial charge in [0.1, 0.15) is 5.82 Å². The van der Waals surface area contributed by atoms with E-state index in [1.54, 1.807) is 36.4 Å². The average Bonchev–Trinajstić information content (AvgIpc) is 3.42. The zero-order valence-electron chi connectivity index (χ0n) is 24.2. The van der Waals surface area contributed by atoms with Gasteiger partial charge in [0.2, 0.25) is 0 Å². The highest BCUT2D eigenvalue weighted by Crippen LogP contribution is 2.32. The first-order valence-corrected chi connectivity index (χ1v) is 15.9. The van der Waals surface area contributed by atoms with Crippen molar-refractivity contribution in [2.24, 2.45) is 0 Å². The molecular formula is C32H30F2N6O4S. The first kappa shape index (κ1) is 30.3. The van der Waals surface area contributed by atoms with Gasteiger partial charge in [-0.2, -0.15) is 0 Å². The molecule has 3 aromatic heterocycles. The number of aliphatic hydroxyl groups excluding tert-OH is 1. The second-order valence-electron chi connectivity index (χ2n) is 11.1. The quantitative estimate of drug-likeness (QED) is 0.218. The lowest BCUT2D eigenvalue weighted by atomic mass is 9.90. The predicted octanol–water partition coefficient (Wildman–Crippen LogP) is 4.96. The number of benzene rings is 2. The minimum Gasteiger partial charge on any atom is -0.392 e. The van der Waals surface area contributed by atoms with Crippen molar-refractivity contribution in [1.29, 1.82) is 0 Å². The number of aromatic nitrogens is 4. The van der Waals surface area contributed by atoms with Gasteiger partial charge < -0.3 is 15.7 Å². The van der Waals surface area contributed by atoms with Gasteiger partial charge in [-0.1, -0.05) is 29.8 Å². The topological polar surface area (TPSA) is 139 Å². The van der Waals surface area contributed by atoms with Crippen molar-refractivity contribution in [2.75, 3.05) is 5.32 Å². The van der Waals surface area contributed by atoms with Crippen molar-refractivity contribution in [3.8, 4) is 11.4 Å². The number of pyridine rings is 1. The molecule has 3 N–H and O–H groups in total. The lowest BCUT2D eigenvalue weighted by molar-refractivity contribution is 0.0926. The van der Waals surface area contributed by atoms with E-state index in [1.165, 1.54) is 18.3 Å². The monoisotopic (exact) mass is 632 g/mol. The Morgan fingerprint density at radius 3 is 2.60 bits per heavy atom. The average molecular weight is 633 g/mol. The van der Waals surface area contributed by atoms with E-state index in [-0.39, 0.29) is 57.7 Å². The van der Waals surface area contributed by atoms with Crippen LogP contribution in [0.15, 0.2) is 78.1 Å². The molecule has 232 valence electrons. The van der Waals surface area contributed by atoms with Crippen molar-refractivity contribution < 1.29 is 27.1 Å². The van der Waals surface area contributed by atoms with Crippen molar-refractivity contribution in [3.63, 3.8) is 0 Å². The molecule has 0 radical (unpaired) electrons. The minimum absolute atomic E-state index is 0.0152. The molecule has 1 amide bonds. The number of halogens is 2. The zero-order chi connectivity index (χ0) is 31.7. The van der Waals surface area contributed by atoms with Gasteiger partial charge in [-0.3, -0.25) is 4.79 Å². The van der Waals surface area contributed by atoms with Crippen LogP contribution in [0.4, 0.5) is 14.6 Å². The highest BCUT2D eigenvalue weighted by atomic mass is 32.2. The normalized spacial score (nSPS) is 16.9. The van der Waals surface area contributed by atoms with Crippen molar-refractivity contribution in [1.82, 2.24) is 24.2 Å². The van der Waals surface area contributed by atoms with Gasteiger partial charge in [0.15, 0.2) is 23.1 Å². The van der Waals surface area contributed by atoms with Gasteiger partial charge in [-0.05, 0) is 68.5 Å². The third-order valence-electron chi connectivity index (χ3n) is 7.86. The van der Waals surface area contributed by atoms with Crippen LogP contribution in [0, 0.1) is 18.6 Å². The number of hydrogen-bond acceptors (Lipinski definition) is 8. The van der Waals surface area contributed by atoms with E-state index in [1.807, 2.05) is 6.92 Å². The molecule has 3 heterocycles. The molecule has 2 atom stereocenters. The number of rotatable bonds is 8. The van der Waals surface area contributed by atoms with Crippen LogP contribution in [0.25, 0.3) is 22.4 Å². The fraction of sp³-hybridized carbons (Fsp3) is 0.250. The Kier molecular flexibility index (Phi) is 8.30. The van der Waals surface area contributed by atoms with Crippen LogP contribution in [0.2, 0.25) is 0 Å². The lowest BCUT2D eigenvalue weighted by Crippen LogP contribution is -2.42. The summed E-state index contributed by atoms with van der Waals surface area (Å²) in [4.78, 5) is 25.4. The van der Waals surface area contributed by atoms with E-state index in [4.69, 9.17) is 0 Å². The maximum Gasteiger partial charge on any atom is 0.269 e. The summed E-state index contributed by atoms with van der Waals surface area (Å²) >= 11 is 0. The summed E-state index contributed by atoms with van der Waals surface area (Å²) in [5, 5.41) is 15.7. The number of nitrogens with one attached hydrogen (secondary N) is 2. The number of fused-ring (bicyclic) bond motifs is 1. The summed E-state index contributed by atoms with van der Waals surface area (Å²) in [6.07, 6.45) is 5.89. The minimum atomic E-state index is -4.12. The molecule has 5 aromatic rings. The predicted molar refractivity (Wildman–Crippen MR) is 164 cm³/mol. The molecule has 0 saturated heterocycles. The molecule has 13 heteroatoms. The van der Waals surface area contributed by atoms with Gasteiger partial charge in [-0.15, -0.1) is 0 Å². The molecule has 0 bridgehead atoms. The standard InChI is InChI=1S/C32H30F2N6O4S/c1-19-8-10-25(11-9-19)45(43,44)40-17-27(26-13-22(33)15-36-31(26)40)29-35-16-28(34)30(39-29)37-23-6-3-7-24(14-23)38-32(42)21-5-2-4-20(12-21)18-41/h2,4-5,8-13,15-17,23-24,41H,3,6-7,14,18H2,1H3,(H,38,42)(H,35,37,39)/t23-,24+/m0/s1. The number of anilines is 1. The SMILES string of the molecule is Cc1ccc(S(=O)(=O)n2cc(-c3ncc(F)c(N[C@H]4CCC[C@@H](NC(=O)c5cccc(CO)c5)C4)n3)c3cc(F)cnc32)cc1. The molecule has 45 heavy (non-hydrogen) atoms. The van der Waals surface area contributed by atoms with Crippen LogP contribution < -0.4 is 10.6 Å². The summed E-state index contributed by atoms with van der Waals surface area (Å²) in [6.45, 7) is 1.67. The zero-order valence-corrected chi connectivity index (χ0v) is 25.1. The van der Waals surface area contributed by atoms with Crippen LogP contribution in [-0.2, 0) is 16.6 Å². The van der Waals surface area contributed by atoms with Crippen LogP contribution in [0.5, 0.6) is 0 Å². The van der Waals surface area contributed by atoms with Crippen LogP contribution in [0.1, 0.15) is 47.2 Å². The first-order chi connectivity index (χ1) is 21.6. The Morgan fingerprint density at radius 2 is 1.82 bits per heavy atom. The summed E-state index contributed by atoms with van der Waals surface area (Å²) in [5.41, 5.74) is 2.10. The van der Waals surface area contributed by atoms with Gasteiger partial charge in [-0.25, -0.2) is 36.1 Å². The molecule has 0 spiro atoms. The third kappa shape index (κ3) is 6.26. The molecule has 1 fully saturated rings. The maximum absolute atomic E-state index is 15.0. The molecule has 0 unspecified atom stereocenters. The fourth-order valence-electron chi connectivity index (χ4n) is 5.56. The lowest BCUT2D eigenvalue weighted by Gasteiger charge is -2.30. The number of nitrogens with zero attached hydrogens (tertiary/aromatic N) is 4. The Morgan fingerprint density at radius 1 is 1.04 bits per heavy atom. The van der Waals surface area contributed by atoms with Crippen molar-refractivity contribution in [3.05, 3.63) is 102 Å². The van der Waals surface area contributed by atoms with E-state index in [0.717, 1.165) is 40.8 Å². The summed E-state index contributed by atoms with van der Waals surface area (Å²) in [5.74, 6) is -1.78. The van der Waals surface area contributed by atoms with E-state index in [2.05, 4.69) is 25.6 Å². The molecule has 0 aliphatic heterocycles. The van der Waals surface area contributed by atoms with E-state index < -0.39 is 21.7 Å². The highest BCUT2D eigenvalue weighted by Gasteiger charge is 2.27. The van der Waals surface area contributed by atoms with Gasteiger partial charge in [0.25, 0.3) is 15.9 Å².